The Hall–Kier alpha value is -6.30. The van der Waals surface area contributed by atoms with E-state index in [9.17, 15) is 44.7 Å². The van der Waals surface area contributed by atoms with Gasteiger partial charge in [0.25, 0.3) is 17.6 Å². The van der Waals surface area contributed by atoms with Crippen molar-refractivity contribution < 1.29 is 63.7 Å². The molecule has 0 spiro atoms. The number of ketones is 1. The minimum atomic E-state index is -2.11. The van der Waals surface area contributed by atoms with Crippen LogP contribution in [0.3, 0.4) is 0 Å². The third kappa shape index (κ3) is 9.08. The van der Waals surface area contributed by atoms with Gasteiger partial charge in [0, 0.05) is 79.1 Å². The number of phenols is 3. The van der Waals surface area contributed by atoms with Gasteiger partial charge in [0.2, 0.25) is 0 Å². The zero-order valence-electron chi connectivity index (χ0n) is 35.3. The van der Waals surface area contributed by atoms with Gasteiger partial charge in [-0.25, -0.2) is 5.43 Å². The summed E-state index contributed by atoms with van der Waals surface area (Å²) in [5.41, 5.74) is 1.50. The number of hydrogen-bond acceptors (Lipinski definition) is 15. The molecule has 3 aliphatic heterocycles. The highest BCUT2D eigenvalue weighted by molar-refractivity contribution is 6.24. The maximum atomic E-state index is 14.4. The van der Waals surface area contributed by atoms with Crippen LogP contribution in [0.5, 0.6) is 23.0 Å². The SMILES string of the molecule is CO[C@H]1/C=C/O[C@@]2(C)Oc3c(C)c(O)c4c(O)c(c(/C=N\NC(=O)c5ccncc5)c(O)c4c3C2=O)NC(=O)/C(C)=C\C=C\[C@H](C)[C@H](O)[C@@H](C)[C@@H](O)[C@@H](C)[C@H](OC(C)=O)[C@@H]1C. The topological polar surface area (TPSA) is 256 Å². The largest absolute Gasteiger partial charge is 0.507 e. The monoisotopic (exact) mass is 844 g/mol. The molecule has 9 atom stereocenters. The van der Waals surface area contributed by atoms with Crippen LogP contribution in [0, 0.1) is 30.6 Å². The number of anilines is 1. The summed E-state index contributed by atoms with van der Waals surface area (Å²) in [7, 11) is 1.41. The number of methoxy groups -OCH3 is 1. The first-order chi connectivity index (χ1) is 28.7. The number of pyridine rings is 1. The van der Waals surface area contributed by atoms with Crippen molar-refractivity contribution >= 4 is 46.2 Å². The van der Waals surface area contributed by atoms with E-state index in [1.54, 1.807) is 33.8 Å². The summed E-state index contributed by atoms with van der Waals surface area (Å²) in [5, 5.41) is 63.9. The second-order valence-electron chi connectivity index (χ2n) is 15.6. The molecule has 61 heavy (non-hydrogen) atoms. The number of fused-ring (bicyclic) bond motifs is 14. The minimum absolute atomic E-state index is 0.0115. The predicted octanol–water partition coefficient (Wildman–Crippen LogP) is 4.91. The summed E-state index contributed by atoms with van der Waals surface area (Å²) in [6, 6.07) is 2.87. The fourth-order valence-electron chi connectivity index (χ4n) is 7.60. The Kier molecular flexibility index (Phi) is 13.9. The van der Waals surface area contributed by atoms with Crippen molar-refractivity contribution in [1.29, 1.82) is 0 Å². The molecule has 1 aromatic heterocycles. The molecule has 0 radical (unpaired) electrons. The van der Waals surface area contributed by atoms with Crippen LogP contribution in [0.2, 0.25) is 0 Å². The zero-order chi connectivity index (χ0) is 45.1. The van der Waals surface area contributed by atoms with E-state index in [0.717, 1.165) is 12.5 Å². The Morgan fingerprint density at radius 1 is 0.951 bits per heavy atom. The number of aromatic hydroxyl groups is 3. The summed E-state index contributed by atoms with van der Waals surface area (Å²) in [5.74, 6) is -9.87. The molecule has 2 aromatic carbocycles. The van der Waals surface area contributed by atoms with Crippen LogP contribution in [-0.2, 0) is 23.8 Å². The molecule has 4 heterocycles. The van der Waals surface area contributed by atoms with Crippen molar-refractivity contribution in [2.45, 2.75) is 85.6 Å². The number of nitrogens with zero attached hydrogens (tertiary/aromatic N) is 2. The number of amides is 2. The van der Waals surface area contributed by atoms with Crippen molar-refractivity contribution in [3.05, 3.63) is 82.9 Å². The van der Waals surface area contributed by atoms with Crippen molar-refractivity contribution in [3.8, 4) is 23.0 Å². The Bertz CT molecular complexity index is 2320. The van der Waals surface area contributed by atoms with Gasteiger partial charge in [0.15, 0.2) is 5.75 Å². The van der Waals surface area contributed by atoms with Gasteiger partial charge >= 0.3 is 11.8 Å². The number of hydrazone groups is 1. The van der Waals surface area contributed by atoms with E-state index in [-0.39, 0.29) is 39.0 Å². The number of hydrogen-bond donors (Lipinski definition) is 7. The number of rotatable bonds is 5. The number of esters is 1. The number of benzene rings is 2. The third-order valence-electron chi connectivity index (χ3n) is 11.3. The number of ether oxygens (including phenoxy) is 4. The lowest BCUT2D eigenvalue weighted by atomic mass is 9.78. The van der Waals surface area contributed by atoms with Gasteiger partial charge in [-0.3, -0.25) is 24.2 Å². The molecular weight excluding hydrogens is 792 g/mol. The highest BCUT2D eigenvalue weighted by Crippen LogP contribution is 2.55. The quantitative estimate of drug-likeness (QED) is 0.0592. The van der Waals surface area contributed by atoms with Gasteiger partial charge < -0.3 is 49.8 Å². The number of phenolic OH excluding ortho intramolecular Hbond substituents is 3. The van der Waals surface area contributed by atoms with Crippen LogP contribution in [0.1, 0.15) is 80.3 Å². The number of allylic oxidation sites excluding steroid dienone is 2. The number of nitrogens with one attached hydrogen (secondary N) is 2. The maximum Gasteiger partial charge on any atom is 0.312 e. The van der Waals surface area contributed by atoms with E-state index in [2.05, 4.69) is 20.8 Å². The molecular formula is C44H52N4O13. The summed E-state index contributed by atoms with van der Waals surface area (Å²) >= 11 is 0. The number of carbonyl (C=O) groups is 4. The molecule has 6 rings (SSSR count). The summed E-state index contributed by atoms with van der Waals surface area (Å²) < 4.78 is 23.5. The molecule has 0 fully saturated rings. The summed E-state index contributed by atoms with van der Waals surface area (Å²) in [4.78, 5) is 57.1. The first-order valence-corrected chi connectivity index (χ1v) is 19.6. The van der Waals surface area contributed by atoms with Crippen molar-refractivity contribution in [1.82, 2.24) is 10.4 Å². The lowest BCUT2D eigenvalue weighted by molar-refractivity contribution is -0.160. The Morgan fingerprint density at radius 3 is 2.26 bits per heavy atom. The van der Waals surface area contributed by atoms with Gasteiger partial charge in [0.05, 0.1) is 53.0 Å². The Morgan fingerprint density at radius 2 is 1.62 bits per heavy atom. The normalized spacial score (nSPS) is 29.3. The number of aliphatic hydroxyl groups is 2. The predicted molar refractivity (Wildman–Crippen MR) is 223 cm³/mol. The Labute approximate surface area is 352 Å². The van der Waals surface area contributed by atoms with Crippen molar-refractivity contribution in [2.24, 2.45) is 28.8 Å². The highest BCUT2D eigenvalue weighted by Gasteiger charge is 2.50. The fraction of sp³-hybridized carbons (Fsp3) is 0.409. The van der Waals surface area contributed by atoms with E-state index in [1.165, 1.54) is 77.6 Å². The van der Waals surface area contributed by atoms with Crippen molar-refractivity contribution in [3.63, 3.8) is 0 Å². The van der Waals surface area contributed by atoms with E-state index < -0.39 is 106 Å². The van der Waals surface area contributed by atoms with Gasteiger partial charge in [-0.05, 0) is 32.1 Å². The molecule has 0 aliphatic carbocycles. The van der Waals surface area contributed by atoms with Gasteiger partial charge in [0.1, 0.15) is 23.4 Å². The molecule has 0 saturated heterocycles. The smallest absolute Gasteiger partial charge is 0.312 e. The molecule has 17 heteroatoms. The lowest BCUT2D eigenvalue weighted by Gasteiger charge is -2.38. The zero-order valence-corrected chi connectivity index (χ0v) is 35.3. The fourth-order valence-corrected chi connectivity index (χ4v) is 7.60. The van der Waals surface area contributed by atoms with E-state index in [4.69, 9.17) is 18.9 Å². The second-order valence-corrected chi connectivity index (χ2v) is 15.6. The van der Waals surface area contributed by atoms with E-state index in [1.807, 2.05) is 0 Å². The standard InChI is InChI=1S/C44H52N4O13/c1-20-11-10-12-21(2)42(56)47-33-28(19-46-48-43(57)27-13-16-45-17-14-27)37(53)30-31(38(33)54)36(52)25(6)40-32(30)41(55)44(8,61-40)59-18-15-29(58-9)22(3)39(60-26(7)49)24(5)35(51)23(4)34(20)50/h10-20,22-24,29,34-35,39,50-54H,1-9H3,(H,47,56)(H,48,57)/b11-10+,18-15+,21-12-,46-19-/t20-,22+,23+,24+,29-,34-,35+,39+,44-/m0/s1. The molecule has 7 N–H and O–H groups in total. The van der Waals surface area contributed by atoms with Crippen LogP contribution < -0.4 is 15.5 Å². The van der Waals surface area contributed by atoms with E-state index >= 15 is 0 Å². The molecule has 17 nitrogen and oxygen atoms in total. The number of aliphatic hydroxyl groups excluding tert-OH is 2. The molecule has 3 aliphatic rings. The van der Waals surface area contributed by atoms with Gasteiger partial charge in [-0.15, -0.1) is 0 Å². The third-order valence-corrected chi connectivity index (χ3v) is 11.3. The second kappa shape index (κ2) is 18.5. The van der Waals surface area contributed by atoms with Crippen LogP contribution in [0.15, 0.2) is 65.8 Å². The summed E-state index contributed by atoms with van der Waals surface area (Å²) in [6.45, 7) is 12.2. The first kappa shape index (κ1) is 45.8. The van der Waals surface area contributed by atoms with Crippen LogP contribution in [0.25, 0.3) is 10.8 Å². The highest BCUT2D eigenvalue weighted by atomic mass is 16.7. The first-order valence-electron chi connectivity index (χ1n) is 19.6. The average molecular weight is 845 g/mol. The van der Waals surface area contributed by atoms with Crippen LogP contribution >= 0.6 is 0 Å². The van der Waals surface area contributed by atoms with Crippen molar-refractivity contribution in [2.75, 3.05) is 12.4 Å². The molecule has 326 valence electrons. The van der Waals surface area contributed by atoms with Gasteiger partial charge in [-0.1, -0.05) is 45.9 Å². The number of carbonyl (C=O) groups excluding carboxylic acids is 4. The molecule has 2 amide bonds. The van der Waals surface area contributed by atoms with Gasteiger partial charge in [-0.2, -0.15) is 5.10 Å². The molecule has 0 unspecified atom stereocenters. The number of aromatic nitrogens is 1. The van der Waals surface area contributed by atoms with Crippen LogP contribution in [-0.4, -0.2) is 97.6 Å². The van der Waals surface area contributed by atoms with E-state index in [0.29, 0.717) is 0 Å². The Balaban J connectivity index is 1.70. The maximum absolute atomic E-state index is 14.4. The number of Topliss-reactive ketones (excluding diaryl/α,β-unsaturated/α-hetero) is 1. The average Bonchev–Trinajstić information content (AvgIpc) is 3.50. The van der Waals surface area contributed by atoms with Crippen LogP contribution in [0.4, 0.5) is 5.69 Å². The molecule has 3 aromatic rings. The molecule has 0 saturated carbocycles. The molecule has 5 bridgehead atoms. The summed E-state index contributed by atoms with van der Waals surface area (Å²) in [6.07, 6.45) is 6.93. The lowest BCUT2D eigenvalue weighted by Crippen LogP contribution is -2.46. The minimum Gasteiger partial charge on any atom is -0.507 e.